The Morgan fingerprint density at radius 2 is 1.84 bits per heavy atom. The third-order valence-electron chi connectivity index (χ3n) is 5.87. The number of halogens is 3. The minimum atomic E-state index is -4.54. The average Bonchev–Trinajstić information content (AvgIpc) is 3.66. The van der Waals surface area contributed by atoms with E-state index in [9.17, 15) is 13.2 Å². The van der Waals surface area contributed by atoms with Crippen LogP contribution in [0.25, 0.3) is 16.9 Å². The molecule has 1 aromatic carbocycles. The predicted octanol–water partition coefficient (Wildman–Crippen LogP) is 5.59. The molecule has 0 radical (unpaired) electrons. The molecule has 2 aliphatic carbocycles. The third kappa shape index (κ3) is 3.52. The van der Waals surface area contributed by atoms with Crippen LogP contribution >= 0.6 is 11.8 Å². The topological polar surface area (TPSA) is 42.7 Å². The van der Waals surface area contributed by atoms with Gasteiger partial charge in [0, 0.05) is 29.5 Å². The molecule has 0 saturated heterocycles. The fourth-order valence-corrected chi connectivity index (χ4v) is 4.71. The number of fused-ring (bicyclic) bond motifs is 1. The molecule has 31 heavy (non-hydrogen) atoms. The molecule has 2 heterocycles. The van der Waals surface area contributed by atoms with Gasteiger partial charge in [0.05, 0.1) is 12.7 Å². The number of hydrogen-bond acceptors (Lipinski definition) is 5. The Kier molecular flexibility index (Phi) is 4.84. The Bertz CT molecular complexity index is 1140. The first-order chi connectivity index (χ1) is 14.8. The van der Waals surface area contributed by atoms with Crippen molar-refractivity contribution < 1.29 is 17.9 Å². The van der Waals surface area contributed by atoms with Crippen LogP contribution in [0.15, 0.2) is 29.4 Å². The minimum Gasteiger partial charge on any atom is -0.497 e. The molecular formula is C22H23F3N4OS. The van der Waals surface area contributed by atoms with Crippen molar-refractivity contribution in [1.29, 1.82) is 0 Å². The monoisotopic (exact) mass is 448 g/mol. The lowest BCUT2D eigenvalue weighted by Gasteiger charge is -2.25. The van der Waals surface area contributed by atoms with E-state index in [1.165, 1.54) is 31.0 Å². The molecule has 0 bridgehead atoms. The van der Waals surface area contributed by atoms with Gasteiger partial charge in [0.25, 0.3) is 0 Å². The summed E-state index contributed by atoms with van der Waals surface area (Å²) in [6, 6.07) is 4.95. The number of nitrogens with zero attached hydrogens (tertiary/aromatic N) is 4. The zero-order valence-electron chi connectivity index (χ0n) is 17.5. The number of thioether (sulfide) groups is 1. The molecule has 2 aromatic heterocycles. The number of anilines is 1. The van der Waals surface area contributed by atoms with Crippen molar-refractivity contribution in [2.75, 3.05) is 18.3 Å². The highest BCUT2D eigenvalue weighted by Gasteiger charge is 2.42. The summed E-state index contributed by atoms with van der Waals surface area (Å²) in [5, 5.41) is 0.832. The van der Waals surface area contributed by atoms with Gasteiger partial charge in [0.1, 0.15) is 22.3 Å². The SMILES string of the molecule is COc1ccc(-c2ncc(C)n3c(N(C4CC4)C4CC4)c(SC)nc23)c(C(F)(F)F)c1. The van der Waals surface area contributed by atoms with Gasteiger partial charge in [-0.05, 0) is 57.1 Å². The second-order valence-corrected chi connectivity index (χ2v) is 8.93. The van der Waals surface area contributed by atoms with Crippen LogP contribution in [-0.4, -0.2) is 39.8 Å². The van der Waals surface area contributed by atoms with E-state index in [-0.39, 0.29) is 17.0 Å². The molecule has 5 rings (SSSR count). The van der Waals surface area contributed by atoms with Crippen molar-refractivity contribution in [2.24, 2.45) is 0 Å². The number of alkyl halides is 3. The van der Waals surface area contributed by atoms with E-state index < -0.39 is 11.7 Å². The van der Waals surface area contributed by atoms with E-state index >= 15 is 0 Å². The van der Waals surface area contributed by atoms with Crippen molar-refractivity contribution in [2.45, 2.75) is 55.9 Å². The summed E-state index contributed by atoms with van der Waals surface area (Å²) in [5.74, 6) is 1.15. The summed E-state index contributed by atoms with van der Waals surface area (Å²) >= 11 is 1.52. The number of imidazole rings is 1. The molecule has 0 aliphatic heterocycles. The Morgan fingerprint density at radius 1 is 1.16 bits per heavy atom. The first kappa shape index (κ1) is 20.5. The highest BCUT2D eigenvalue weighted by atomic mass is 32.2. The number of benzene rings is 1. The molecule has 2 fully saturated rings. The Balaban J connectivity index is 1.77. The lowest BCUT2D eigenvalue weighted by Crippen LogP contribution is -2.30. The van der Waals surface area contributed by atoms with Crippen LogP contribution in [0.5, 0.6) is 5.75 Å². The predicted molar refractivity (Wildman–Crippen MR) is 115 cm³/mol. The molecule has 164 valence electrons. The van der Waals surface area contributed by atoms with Gasteiger partial charge in [-0.2, -0.15) is 13.2 Å². The van der Waals surface area contributed by atoms with Crippen LogP contribution in [0, 0.1) is 6.92 Å². The van der Waals surface area contributed by atoms with Crippen molar-refractivity contribution in [3.8, 4) is 17.0 Å². The van der Waals surface area contributed by atoms with Gasteiger partial charge in [-0.1, -0.05) is 0 Å². The third-order valence-corrected chi connectivity index (χ3v) is 6.53. The fourth-order valence-electron chi connectivity index (χ4n) is 4.15. The number of ether oxygens (including phenoxy) is 1. The second-order valence-electron chi connectivity index (χ2n) is 8.13. The summed E-state index contributed by atoms with van der Waals surface area (Å²) in [6.45, 7) is 1.93. The van der Waals surface area contributed by atoms with Crippen LogP contribution in [0.2, 0.25) is 0 Å². The van der Waals surface area contributed by atoms with E-state index in [1.807, 2.05) is 17.6 Å². The first-order valence-corrected chi connectivity index (χ1v) is 11.5. The van der Waals surface area contributed by atoms with E-state index in [2.05, 4.69) is 9.88 Å². The zero-order chi connectivity index (χ0) is 21.9. The lowest BCUT2D eigenvalue weighted by molar-refractivity contribution is -0.137. The normalized spacial score (nSPS) is 16.7. The van der Waals surface area contributed by atoms with Crippen LogP contribution in [-0.2, 0) is 6.18 Å². The molecule has 2 saturated carbocycles. The molecule has 0 amide bonds. The summed E-state index contributed by atoms with van der Waals surface area (Å²) < 4.78 is 48.8. The largest absolute Gasteiger partial charge is 0.497 e. The Labute approximate surface area is 182 Å². The highest BCUT2D eigenvalue weighted by Crippen LogP contribution is 2.46. The van der Waals surface area contributed by atoms with Crippen LogP contribution in [0.4, 0.5) is 19.0 Å². The summed E-state index contributed by atoms with van der Waals surface area (Å²) in [4.78, 5) is 11.7. The Hall–Kier alpha value is -2.42. The van der Waals surface area contributed by atoms with Crippen molar-refractivity contribution in [1.82, 2.24) is 14.4 Å². The number of methoxy groups -OCH3 is 1. The second kappa shape index (κ2) is 7.32. The van der Waals surface area contributed by atoms with E-state index in [0.29, 0.717) is 17.7 Å². The van der Waals surface area contributed by atoms with Crippen molar-refractivity contribution >= 4 is 23.2 Å². The van der Waals surface area contributed by atoms with Gasteiger partial charge in [0.15, 0.2) is 5.65 Å². The van der Waals surface area contributed by atoms with Gasteiger partial charge in [-0.15, -0.1) is 11.8 Å². The van der Waals surface area contributed by atoms with Crippen LogP contribution in [0.1, 0.15) is 36.9 Å². The summed E-state index contributed by atoms with van der Waals surface area (Å²) in [5.41, 5.74) is 0.776. The summed E-state index contributed by atoms with van der Waals surface area (Å²) in [7, 11) is 1.35. The average molecular weight is 449 g/mol. The number of hydrogen-bond donors (Lipinski definition) is 0. The molecule has 0 atom stereocenters. The maximum absolute atomic E-state index is 13.9. The zero-order valence-corrected chi connectivity index (χ0v) is 18.3. The van der Waals surface area contributed by atoms with Gasteiger partial charge < -0.3 is 9.64 Å². The highest BCUT2D eigenvalue weighted by molar-refractivity contribution is 7.98. The maximum atomic E-state index is 13.9. The van der Waals surface area contributed by atoms with E-state index in [1.54, 1.807) is 6.20 Å². The maximum Gasteiger partial charge on any atom is 0.417 e. The molecule has 0 N–H and O–H groups in total. The van der Waals surface area contributed by atoms with Gasteiger partial charge in [0.2, 0.25) is 0 Å². The first-order valence-electron chi connectivity index (χ1n) is 10.3. The smallest absolute Gasteiger partial charge is 0.417 e. The van der Waals surface area contributed by atoms with Crippen LogP contribution in [0.3, 0.4) is 0 Å². The molecule has 9 heteroatoms. The fraction of sp³-hybridized carbons (Fsp3) is 0.455. The molecule has 5 nitrogen and oxygen atoms in total. The molecular weight excluding hydrogens is 425 g/mol. The molecule has 0 spiro atoms. The molecule has 2 aliphatic rings. The quantitative estimate of drug-likeness (QED) is 0.460. The number of aryl methyl sites for hydroxylation is 1. The standard InChI is InChI=1S/C22H23F3N4OS/c1-12-11-26-18(16-9-8-15(30-2)10-17(16)22(23,24)25)19-27-20(31-3)21(28(12)19)29(13-4-5-13)14-6-7-14/h8-11,13-14H,4-7H2,1-3H3. The van der Waals surface area contributed by atoms with E-state index in [4.69, 9.17) is 9.72 Å². The van der Waals surface area contributed by atoms with Gasteiger partial charge in [-0.25, -0.2) is 4.98 Å². The molecule has 0 unspecified atom stereocenters. The van der Waals surface area contributed by atoms with Gasteiger partial charge >= 0.3 is 6.18 Å². The summed E-state index contributed by atoms with van der Waals surface area (Å²) in [6.07, 6.45) is 3.63. The Morgan fingerprint density at radius 3 is 2.39 bits per heavy atom. The minimum absolute atomic E-state index is 0.00639. The molecule has 3 aromatic rings. The lowest BCUT2D eigenvalue weighted by atomic mass is 10.0. The number of rotatable bonds is 6. The van der Waals surface area contributed by atoms with Crippen molar-refractivity contribution in [3.63, 3.8) is 0 Å². The van der Waals surface area contributed by atoms with Crippen LogP contribution < -0.4 is 9.64 Å². The number of aromatic nitrogens is 3. The van der Waals surface area contributed by atoms with E-state index in [0.717, 1.165) is 48.3 Å². The van der Waals surface area contributed by atoms with Gasteiger partial charge in [-0.3, -0.25) is 9.38 Å². The van der Waals surface area contributed by atoms with Crippen molar-refractivity contribution in [3.05, 3.63) is 35.7 Å².